The number of hydrogen-bond donors (Lipinski definition) is 2. The van der Waals surface area contributed by atoms with Gasteiger partial charge < -0.3 is 15.6 Å². The van der Waals surface area contributed by atoms with Crippen molar-refractivity contribution in [3.05, 3.63) is 12.7 Å². The second-order valence-corrected chi connectivity index (χ2v) is 5.02. The molecule has 1 aliphatic heterocycles. The fourth-order valence-corrected chi connectivity index (χ4v) is 2.21. The van der Waals surface area contributed by atoms with Crippen molar-refractivity contribution in [3.63, 3.8) is 0 Å². The zero-order valence-electron chi connectivity index (χ0n) is 10.1. The van der Waals surface area contributed by atoms with Gasteiger partial charge in [0.05, 0.1) is 19.5 Å². The summed E-state index contributed by atoms with van der Waals surface area (Å²) in [4.78, 5) is 12.3. The van der Waals surface area contributed by atoms with Gasteiger partial charge in [0, 0.05) is 11.8 Å². The van der Waals surface area contributed by atoms with Crippen LogP contribution in [-0.4, -0.2) is 37.8 Å². The number of nitrogens with zero attached hydrogens (tertiary/aromatic N) is 4. The van der Waals surface area contributed by atoms with Crippen LogP contribution in [0, 0.1) is 5.41 Å². The number of ether oxygens (including phenoxy) is 1. The number of nitrogen functional groups attached to an aromatic ring is 1. The van der Waals surface area contributed by atoms with Crippen molar-refractivity contribution in [2.75, 3.05) is 18.9 Å². The molecule has 0 aromatic carbocycles. The number of aromatic nitrogens is 4. The van der Waals surface area contributed by atoms with Crippen LogP contribution in [0.3, 0.4) is 0 Å². The Hall–Kier alpha value is -1.73. The minimum Gasteiger partial charge on any atom is -0.396 e. The van der Waals surface area contributed by atoms with Crippen molar-refractivity contribution in [2.45, 2.75) is 19.6 Å². The Bertz CT molecular complexity index is 584. The molecule has 0 radical (unpaired) electrons. The molecule has 1 fully saturated rings. The Morgan fingerprint density at radius 2 is 2.39 bits per heavy atom. The molecular formula is C11H15N5O2. The smallest absolute Gasteiger partial charge is 0.167 e. The van der Waals surface area contributed by atoms with Crippen molar-refractivity contribution in [1.82, 2.24) is 19.5 Å². The summed E-state index contributed by atoms with van der Waals surface area (Å²) >= 11 is 0. The van der Waals surface area contributed by atoms with Gasteiger partial charge >= 0.3 is 0 Å². The van der Waals surface area contributed by atoms with Crippen LogP contribution in [0.4, 0.5) is 5.82 Å². The normalized spacial score (nSPS) is 28.0. The highest BCUT2D eigenvalue weighted by molar-refractivity contribution is 5.81. The molecule has 7 heteroatoms. The Morgan fingerprint density at radius 1 is 1.56 bits per heavy atom. The number of imidazole rings is 1. The van der Waals surface area contributed by atoms with Gasteiger partial charge in [-0.2, -0.15) is 0 Å². The van der Waals surface area contributed by atoms with Gasteiger partial charge in [-0.25, -0.2) is 15.0 Å². The van der Waals surface area contributed by atoms with Gasteiger partial charge in [0.25, 0.3) is 0 Å². The standard InChI is InChI=1S/C11H15N5O2/c1-11(3-17)2-7(18-4-11)16-6-15-8-9(12)13-5-14-10(8)16/h5-7,17H,2-4H2,1H3,(H2,12,13,14)/t7-,11+/m1/s1. The maximum atomic E-state index is 9.35. The van der Waals surface area contributed by atoms with Crippen LogP contribution in [0.2, 0.25) is 0 Å². The van der Waals surface area contributed by atoms with E-state index in [2.05, 4.69) is 15.0 Å². The highest BCUT2D eigenvalue weighted by Crippen LogP contribution is 2.38. The minimum atomic E-state index is -0.208. The average molecular weight is 249 g/mol. The molecule has 0 bridgehead atoms. The first-order valence-corrected chi connectivity index (χ1v) is 5.78. The molecule has 0 saturated carbocycles. The van der Waals surface area contributed by atoms with E-state index in [1.54, 1.807) is 6.33 Å². The van der Waals surface area contributed by atoms with Gasteiger partial charge in [0.15, 0.2) is 11.5 Å². The Morgan fingerprint density at radius 3 is 3.11 bits per heavy atom. The molecule has 2 atom stereocenters. The van der Waals surface area contributed by atoms with Crippen LogP contribution >= 0.6 is 0 Å². The summed E-state index contributed by atoms with van der Waals surface area (Å²) in [6.45, 7) is 2.62. The fraction of sp³-hybridized carbons (Fsp3) is 0.545. The van der Waals surface area contributed by atoms with E-state index < -0.39 is 0 Å². The van der Waals surface area contributed by atoms with Crippen molar-refractivity contribution in [3.8, 4) is 0 Å². The molecule has 3 rings (SSSR count). The fourth-order valence-electron chi connectivity index (χ4n) is 2.21. The molecule has 96 valence electrons. The SMILES string of the molecule is C[C@]1(CO)CO[C@@H](n2cnc3c(N)ncnc32)C1. The highest BCUT2D eigenvalue weighted by Gasteiger charge is 2.37. The molecule has 3 N–H and O–H groups in total. The lowest BCUT2D eigenvalue weighted by atomic mass is 9.90. The first-order chi connectivity index (χ1) is 8.63. The first-order valence-electron chi connectivity index (χ1n) is 5.78. The molecular weight excluding hydrogens is 234 g/mol. The van der Waals surface area contributed by atoms with Crippen LogP contribution in [0.15, 0.2) is 12.7 Å². The number of rotatable bonds is 2. The molecule has 0 amide bonds. The van der Waals surface area contributed by atoms with E-state index in [1.165, 1.54) is 6.33 Å². The van der Waals surface area contributed by atoms with E-state index in [0.29, 0.717) is 23.6 Å². The van der Waals surface area contributed by atoms with Gasteiger partial charge in [-0.1, -0.05) is 6.92 Å². The summed E-state index contributed by atoms with van der Waals surface area (Å²) in [6, 6.07) is 0. The molecule has 2 aromatic heterocycles. The summed E-state index contributed by atoms with van der Waals surface area (Å²) in [5.74, 6) is 0.363. The first kappa shape index (κ1) is 11.4. The molecule has 18 heavy (non-hydrogen) atoms. The van der Waals surface area contributed by atoms with E-state index >= 15 is 0 Å². The number of fused-ring (bicyclic) bond motifs is 1. The van der Waals surface area contributed by atoms with Crippen molar-refractivity contribution in [2.24, 2.45) is 5.41 Å². The van der Waals surface area contributed by atoms with Gasteiger partial charge in [-0.05, 0) is 0 Å². The van der Waals surface area contributed by atoms with Crippen LogP contribution in [0.5, 0.6) is 0 Å². The second-order valence-electron chi connectivity index (χ2n) is 5.02. The molecule has 7 nitrogen and oxygen atoms in total. The Balaban J connectivity index is 1.99. The monoisotopic (exact) mass is 249 g/mol. The zero-order chi connectivity index (χ0) is 12.8. The maximum Gasteiger partial charge on any atom is 0.167 e. The quantitative estimate of drug-likeness (QED) is 0.795. The zero-order valence-corrected chi connectivity index (χ0v) is 10.1. The predicted octanol–water partition coefficient (Wildman–Crippen LogP) is 0.326. The lowest BCUT2D eigenvalue weighted by molar-refractivity contribution is 0.0464. The van der Waals surface area contributed by atoms with Crippen LogP contribution < -0.4 is 5.73 Å². The van der Waals surface area contributed by atoms with Crippen LogP contribution in [0.1, 0.15) is 19.6 Å². The van der Waals surface area contributed by atoms with E-state index in [4.69, 9.17) is 10.5 Å². The molecule has 3 heterocycles. The third kappa shape index (κ3) is 1.63. The maximum absolute atomic E-state index is 9.35. The minimum absolute atomic E-state index is 0.104. The molecule has 0 spiro atoms. The summed E-state index contributed by atoms with van der Waals surface area (Å²) in [5.41, 5.74) is 6.78. The third-order valence-electron chi connectivity index (χ3n) is 3.37. The summed E-state index contributed by atoms with van der Waals surface area (Å²) in [5, 5.41) is 9.35. The highest BCUT2D eigenvalue weighted by atomic mass is 16.5. The Labute approximate surface area is 104 Å². The number of nitrogens with two attached hydrogens (primary N) is 1. The van der Waals surface area contributed by atoms with Crippen molar-refractivity contribution >= 4 is 17.0 Å². The second kappa shape index (κ2) is 3.89. The summed E-state index contributed by atoms with van der Waals surface area (Å²) in [6.07, 6.45) is 3.62. The van der Waals surface area contributed by atoms with Crippen LogP contribution in [0.25, 0.3) is 11.2 Å². The number of aliphatic hydroxyl groups is 1. The van der Waals surface area contributed by atoms with Gasteiger partial charge in [0.1, 0.15) is 18.1 Å². The van der Waals surface area contributed by atoms with E-state index in [0.717, 1.165) is 6.42 Å². The number of aliphatic hydroxyl groups excluding tert-OH is 1. The molecule has 0 aliphatic carbocycles. The summed E-state index contributed by atoms with van der Waals surface area (Å²) < 4.78 is 7.56. The van der Waals surface area contributed by atoms with Gasteiger partial charge in [0.2, 0.25) is 0 Å². The van der Waals surface area contributed by atoms with Crippen molar-refractivity contribution < 1.29 is 9.84 Å². The molecule has 2 aromatic rings. The van der Waals surface area contributed by atoms with Gasteiger partial charge in [-0.3, -0.25) is 4.57 Å². The molecule has 1 saturated heterocycles. The largest absolute Gasteiger partial charge is 0.396 e. The topological polar surface area (TPSA) is 99.1 Å². The lowest BCUT2D eigenvalue weighted by Gasteiger charge is -2.17. The van der Waals surface area contributed by atoms with Crippen LogP contribution in [-0.2, 0) is 4.74 Å². The van der Waals surface area contributed by atoms with E-state index in [-0.39, 0.29) is 18.2 Å². The average Bonchev–Trinajstić information content (AvgIpc) is 2.94. The van der Waals surface area contributed by atoms with Crippen molar-refractivity contribution in [1.29, 1.82) is 0 Å². The third-order valence-corrected chi connectivity index (χ3v) is 3.37. The molecule has 0 unspecified atom stereocenters. The van der Waals surface area contributed by atoms with E-state index in [9.17, 15) is 5.11 Å². The number of anilines is 1. The van der Waals surface area contributed by atoms with Gasteiger partial charge in [-0.15, -0.1) is 0 Å². The Kier molecular flexibility index (Phi) is 2.46. The predicted molar refractivity (Wildman–Crippen MR) is 64.5 cm³/mol. The number of hydrogen-bond acceptors (Lipinski definition) is 6. The summed E-state index contributed by atoms with van der Waals surface area (Å²) in [7, 11) is 0. The molecule has 1 aliphatic rings. The van der Waals surface area contributed by atoms with E-state index in [1.807, 2.05) is 11.5 Å². The lowest BCUT2D eigenvalue weighted by Crippen LogP contribution is -2.21.